The first-order valence-electron chi connectivity index (χ1n) is 6.22. The van der Waals surface area contributed by atoms with Crippen LogP contribution in [0.15, 0.2) is 42.6 Å². The van der Waals surface area contributed by atoms with Gasteiger partial charge in [0.1, 0.15) is 11.6 Å². The highest BCUT2D eigenvalue weighted by atomic mass is 16.5. The van der Waals surface area contributed by atoms with E-state index in [2.05, 4.69) is 29.2 Å². The largest absolute Gasteiger partial charge is 0.493 e. The van der Waals surface area contributed by atoms with E-state index in [1.807, 2.05) is 6.07 Å². The third-order valence-electron chi connectivity index (χ3n) is 3.37. The van der Waals surface area contributed by atoms with Crippen LogP contribution in [-0.2, 0) is 12.8 Å². The third-order valence-corrected chi connectivity index (χ3v) is 3.37. The van der Waals surface area contributed by atoms with Gasteiger partial charge in [0, 0.05) is 18.2 Å². The van der Waals surface area contributed by atoms with Crippen molar-refractivity contribution in [3.63, 3.8) is 0 Å². The fraction of sp³-hybridized carbons (Fsp3) is 0.267. The molecule has 0 spiro atoms. The van der Waals surface area contributed by atoms with Crippen LogP contribution in [0.4, 0.5) is 5.82 Å². The van der Waals surface area contributed by atoms with Crippen LogP contribution in [0.5, 0.6) is 5.75 Å². The van der Waals surface area contributed by atoms with Crippen molar-refractivity contribution in [2.24, 2.45) is 5.92 Å². The maximum absolute atomic E-state index is 5.78. The number of rotatable bonds is 3. The van der Waals surface area contributed by atoms with E-state index in [1.165, 1.54) is 11.1 Å². The summed E-state index contributed by atoms with van der Waals surface area (Å²) in [4.78, 5) is 3.95. The number of aromatic nitrogens is 1. The molecule has 3 rings (SSSR count). The van der Waals surface area contributed by atoms with Crippen molar-refractivity contribution >= 4 is 5.82 Å². The highest BCUT2D eigenvalue weighted by Gasteiger charge is 2.21. The molecule has 0 aliphatic heterocycles. The van der Waals surface area contributed by atoms with Crippen molar-refractivity contribution in [1.29, 1.82) is 0 Å². The molecule has 1 aromatic heterocycles. The van der Waals surface area contributed by atoms with E-state index in [0.717, 1.165) is 25.2 Å². The smallest absolute Gasteiger partial charge is 0.126 e. The summed E-state index contributed by atoms with van der Waals surface area (Å²) in [6, 6.07) is 12.2. The molecule has 0 unspecified atom stereocenters. The van der Waals surface area contributed by atoms with E-state index < -0.39 is 0 Å². The lowest BCUT2D eigenvalue weighted by molar-refractivity contribution is 0.254. The number of nitrogen functional groups attached to an aromatic ring is 1. The summed E-state index contributed by atoms with van der Waals surface area (Å²) in [5.41, 5.74) is 8.54. The summed E-state index contributed by atoms with van der Waals surface area (Å²) < 4.78 is 5.78. The summed E-state index contributed by atoms with van der Waals surface area (Å²) in [5, 5.41) is 0. The molecule has 3 heteroatoms. The molecule has 0 fully saturated rings. The minimum absolute atomic E-state index is 0.502. The summed E-state index contributed by atoms with van der Waals surface area (Å²) in [6.45, 7) is 0.734. The Morgan fingerprint density at radius 2 is 1.89 bits per heavy atom. The fourth-order valence-electron chi connectivity index (χ4n) is 2.50. The van der Waals surface area contributed by atoms with E-state index in [0.29, 0.717) is 11.7 Å². The van der Waals surface area contributed by atoms with Crippen LogP contribution in [0, 0.1) is 5.92 Å². The first-order chi connectivity index (χ1) is 8.81. The zero-order valence-electron chi connectivity index (χ0n) is 10.2. The van der Waals surface area contributed by atoms with Gasteiger partial charge in [-0.2, -0.15) is 0 Å². The van der Waals surface area contributed by atoms with Gasteiger partial charge in [-0.05, 0) is 30.0 Å². The molecule has 18 heavy (non-hydrogen) atoms. The molecule has 0 saturated carbocycles. The standard InChI is InChI=1S/C15H16N2O/c16-15-9-14(5-6-17-15)18-10-11-7-12-3-1-2-4-13(12)8-11/h1-6,9,11H,7-8,10H2,(H2,16,17). The topological polar surface area (TPSA) is 48.1 Å². The number of hydrogen-bond acceptors (Lipinski definition) is 3. The molecular weight excluding hydrogens is 224 g/mol. The van der Waals surface area contributed by atoms with E-state index in [4.69, 9.17) is 10.5 Å². The molecule has 1 aliphatic rings. The molecule has 0 bridgehead atoms. The molecule has 3 nitrogen and oxygen atoms in total. The van der Waals surface area contributed by atoms with Gasteiger partial charge >= 0.3 is 0 Å². The van der Waals surface area contributed by atoms with Gasteiger partial charge in [0.05, 0.1) is 6.61 Å². The lowest BCUT2D eigenvalue weighted by Crippen LogP contribution is -2.12. The summed E-state index contributed by atoms with van der Waals surface area (Å²) in [6.07, 6.45) is 3.89. The Balaban J connectivity index is 1.60. The monoisotopic (exact) mass is 240 g/mol. The normalized spacial score (nSPS) is 14.4. The van der Waals surface area contributed by atoms with Gasteiger partial charge in [0.2, 0.25) is 0 Å². The quantitative estimate of drug-likeness (QED) is 0.896. The van der Waals surface area contributed by atoms with Crippen molar-refractivity contribution < 1.29 is 4.74 Å². The van der Waals surface area contributed by atoms with Crippen LogP contribution in [0.1, 0.15) is 11.1 Å². The Bertz CT molecular complexity index is 529. The number of anilines is 1. The Labute approximate surface area is 107 Å². The van der Waals surface area contributed by atoms with Crippen LogP contribution in [-0.4, -0.2) is 11.6 Å². The SMILES string of the molecule is Nc1cc(OCC2Cc3ccccc3C2)ccn1. The van der Waals surface area contributed by atoms with Crippen LogP contribution in [0.3, 0.4) is 0 Å². The van der Waals surface area contributed by atoms with Crippen molar-refractivity contribution in [2.45, 2.75) is 12.8 Å². The van der Waals surface area contributed by atoms with Gasteiger partial charge in [-0.25, -0.2) is 4.98 Å². The number of ether oxygens (including phenoxy) is 1. The Morgan fingerprint density at radius 1 is 1.17 bits per heavy atom. The summed E-state index contributed by atoms with van der Waals surface area (Å²) in [5.74, 6) is 1.87. The second-order valence-corrected chi connectivity index (χ2v) is 4.77. The second kappa shape index (κ2) is 4.69. The summed E-state index contributed by atoms with van der Waals surface area (Å²) in [7, 11) is 0. The van der Waals surface area contributed by atoms with Crippen molar-refractivity contribution in [1.82, 2.24) is 4.98 Å². The molecular formula is C15H16N2O. The molecule has 1 heterocycles. The maximum atomic E-state index is 5.78. The van der Waals surface area contributed by atoms with Gasteiger partial charge in [0.25, 0.3) is 0 Å². The average Bonchev–Trinajstić information content (AvgIpc) is 2.79. The predicted molar refractivity (Wildman–Crippen MR) is 71.5 cm³/mol. The molecule has 0 saturated heterocycles. The molecule has 0 atom stereocenters. The van der Waals surface area contributed by atoms with Crippen LogP contribution in [0.2, 0.25) is 0 Å². The van der Waals surface area contributed by atoms with Crippen LogP contribution in [0.25, 0.3) is 0 Å². The first-order valence-corrected chi connectivity index (χ1v) is 6.22. The van der Waals surface area contributed by atoms with Crippen LogP contribution >= 0.6 is 0 Å². The maximum Gasteiger partial charge on any atom is 0.126 e. The summed E-state index contributed by atoms with van der Waals surface area (Å²) >= 11 is 0. The Kier molecular flexibility index (Phi) is 2.89. The number of nitrogens with zero attached hydrogens (tertiary/aromatic N) is 1. The lowest BCUT2D eigenvalue weighted by atomic mass is 10.1. The predicted octanol–water partition coefficient (Wildman–Crippen LogP) is 2.46. The molecule has 0 radical (unpaired) electrons. The minimum atomic E-state index is 0.502. The highest BCUT2D eigenvalue weighted by molar-refractivity contribution is 5.36. The zero-order chi connectivity index (χ0) is 12.4. The lowest BCUT2D eigenvalue weighted by Gasteiger charge is -2.11. The van der Waals surface area contributed by atoms with Crippen LogP contribution < -0.4 is 10.5 Å². The molecule has 2 N–H and O–H groups in total. The van der Waals surface area contributed by atoms with E-state index in [-0.39, 0.29) is 0 Å². The first kappa shape index (κ1) is 11.1. The van der Waals surface area contributed by atoms with Gasteiger partial charge in [-0.1, -0.05) is 24.3 Å². The van der Waals surface area contributed by atoms with Crippen molar-refractivity contribution in [3.8, 4) is 5.75 Å². The number of nitrogens with two attached hydrogens (primary N) is 1. The number of fused-ring (bicyclic) bond motifs is 1. The van der Waals surface area contributed by atoms with Gasteiger partial charge < -0.3 is 10.5 Å². The van der Waals surface area contributed by atoms with E-state index >= 15 is 0 Å². The van der Waals surface area contributed by atoms with Gasteiger partial charge in [-0.15, -0.1) is 0 Å². The number of pyridine rings is 1. The minimum Gasteiger partial charge on any atom is -0.493 e. The number of hydrogen-bond donors (Lipinski definition) is 1. The molecule has 2 aromatic rings. The third kappa shape index (κ3) is 2.30. The molecule has 0 amide bonds. The van der Waals surface area contributed by atoms with E-state index in [9.17, 15) is 0 Å². The second-order valence-electron chi connectivity index (χ2n) is 4.77. The van der Waals surface area contributed by atoms with E-state index in [1.54, 1.807) is 12.3 Å². The van der Waals surface area contributed by atoms with Gasteiger partial charge in [0.15, 0.2) is 0 Å². The average molecular weight is 240 g/mol. The highest BCUT2D eigenvalue weighted by Crippen LogP contribution is 2.27. The zero-order valence-corrected chi connectivity index (χ0v) is 10.2. The Hall–Kier alpha value is -2.03. The fourth-order valence-corrected chi connectivity index (χ4v) is 2.50. The number of benzene rings is 1. The van der Waals surface area contributed by atoms with Gasteiger partial charge in [-0.3, -0.25) is 0 Å². The van der Waals surface area contributed by atoms with Crippen molar-refractivity contribution in [3.05, 3.63) is 53.7 Å². The molecule has 1 aromatic carbocycles. The molecule has 92 valence electrons. The van der Waals surface area contributed by atoms with Crippen molar-refractivity contribution in [2.75, 3.05) is 12.3 Å². The Morgan fingerprint density at radius 3 is 2.56 bits per heavy atom. The molecule has 1 aliphatic carbocycles.